The van der Waals surface area contributed by atoms with Crippen LogP contribution in [-0.2, 0) is 0 Å². The number of oxazole rings is 1. The maximum Gasteiger partial charge on any atom is 0.357 e. The van der Waals surface area contributed by atoms with E-state index in [4.69, 9.17) is 14.6 Å². The third kappa shape index (κ3) is 2.16. The first-order valence-corrected chi connectivity index (χ1v) is 5.14. The number of aliphatic hydroxyl groups is 1. The summed E-state index contributed by atoms with van der Waals surface area (Å²) in [5, 5.41) is 17.8. The first-order chi connectivity index (χ1) is 7.56. The smallest absolute Gasteiger partial charge is 0.357 e. The van der Waals surface area contributed by atoms with E-state index in [2.05, 4.69) is 4.98 Å². The molecule has 1 aliphatic carbocycles. The molecule has 0 aromatic carbocycles. The summed E-state index contributed by atoms with van der Waals surface area (Å²) in [6.45, 7) is 0.719. The molecule has 0 spiro atoms. The molecule has 2 rings (SSSR count). The third-order valence-electron chi connectivity index (χ3n) is 2.78. The fraction of sp³-hybridized carbons (Fsp3) is 0.600. The number of carbonyl (C=O) groups is 1. The Bertz CT molecular complexity index is 384. The Morgan fingerprint density at radius 3 is 2.88 bits per heavy atom. The monoisotopic (exact) mass is 226 g/mol. The lowest BCUT2D eigenvalue weighted by Crippen LogP contribution is -2.37. The highest BCUT2D eigenvalue weighted by atomic mass is 16.4. The van der Waals surface area contributed by atoms with Crippen molar-refractivity contribution < 1.29 is 19.4 Å². The van der Waals surface area contributed by atoms with Gasteiger partial charge in [-0.1, -0.05) is 0 Å². The Kier molecular flexibility index (Phi) is 2.82. The van der Waals surface area contributed by atoms with Crippen LogP contribution in [0.4, 0.5) is 6.01 Å². The molecule has 0 amide bonds. The topological polar surface area (TPSA) is 86.8 Å². The third-order valence-corrected chi connectivity index (χ3v) is 2.78. The minimum absolute atomic E-state index is 0.0875. The minimum atomic E-state index is -1.09. The van der Waals surface area contributed by atoms with Crippen molar-refractivity contribution in [2.24, 2.45) is 5.92 Å². The fourth-order valence-electron chi connectivity index (χ4n) is 1.85. The van der Waals surface area contributed by atoms with Gasteiger partial charge < -0.3 is 19.5 Å². The molecule has 2 N–H and O–H groups in total. The number of anilines is 1. The highest BCUT2D eigenvalue weighted by Gasteiger charge is 2.29. The number of carboxylic acid groups (broad SMARTS) is 1. The molecule has 1 aromatic rings. The van der Waals surface area contributed by atoms with Crippen LogP contribution in [0.1, 0.15) is 23.3 Å². The van der Waals surface area contributed by atoms with Gasteiger partial charge in [-0.2, -0.15) is 4.98 Å². The maximum absolute atomic E-state index is 10.6. The van der Waals surface area contributed by atoms with Crippen LogP contribution in [0.25, 0.3) is 0 Å². The molecule has 0 bridgehead atoms. The highest BCUT2D eigenvalue weighted by Crippen LogP contribution is 2.28. The van der Waals surface area contributed by atoms with Crippen molar-refractivity contribution in [1.29, 1.82) is 0 Å². The zero-order valence-corrected chi connectivity index (χ0v) is 8.96. The van der Waals surface area contributed by atoms with E-state index in [9.17, 15) is 4.79 Å². The summed E-state index contributed by atoms with van der Waals surface area (Å²) in [7, 11) is 1.79. The molecule has 1 aliphatic rings. The first-order valence-electron chi connectivity index (χ1n) is 5.14. The molecule has 6 heteroatoms. The van der Waals surface area contributed by atoms with Crippen molar-refractivity contribution in [3.8, 4) is 0 Å². The van der Waals surface area contributed by atoms with Gasteiger partial charge in [-0.25, -0.2) is 4.79 Å². The average Bonchev–Trinajstić information content (AvgIpc) is 2.63. The van der Waals surface area contributed by atoms with E-state index >= 15 is 0 Å². The molecule has 1 saturated carbocycles. The van der Waals surface area contributed by atoms with Gasteiger partial charge in [0.15, 0.2) is 5.69 Å². The SMILES string of the molecule is CN(CC1CC(O)C1)c1nc(C(=O)O)co1. The molecule has 16 heavy (non-hydrogen) atoms. The number of aromatic carboxylic acids is 1. The van der Waals surface area contributed by atoms with Crippen molar-refractivity contribution in [1.82, 2.24) is 4.98 Å². The van der Waals surface area contributed by atoms with E-state index in [1.54, 1.807) is 11.9 Å². The Morgan fingerprint density at radius 2 is 2.38 bits per heavy atom. The first kappa shape index (κ1) is 10.9. The van der Waals surface area contributed by atoms with E-state index in [1.807, 2.05) is 0 Å². The average molecular weight is 226 g/mol. The second kappa shape index (κ2) is 4.13. The van der Waals surface area contributed by atoms with Gasteiger partial charge in [0.1, 0.15) is 6.26 Å². The van der Waals surface area contributed by atoms with Crippen LogP contribution in [0.5, 0.6) is 0 Å². The van der Waals surface area contributed by atoms with Gasteiger partial charge in [0, 0.05) is 13.6 Å². The number of hydrogen-bond acceptors (Lipinski definition) is 5. The van der Waals surface area contributed by atoms with Crippen LogP contribution >= 0.6 is 0 Å². The molecular weight excluding hydrogens is 212 g/mol. The van der Waals surface area contributed by atoms with Gasteiger partial charge in [0.05, 0.1) is 6.10 Å². The summed E-state index contributed by atoms with van der Waals surface area (Å²) in [6, 6.07) is 0.304. The summed E-state index contributed by atoms with van der Waals surface area (Å²) in [5.74, 6) is -0.664. The molecule has 0 radical (unpaired) electrons. The summed E-state index contributed by atoms with van der Waals surface area (Å²) >= 11 is 0. The van der Waals surface area contributed by atoms with Crippen LogP contribution in [-0.4, -0.2) is 40.9 Å². The fourth-order valence-corrected chi connectivity index (χ4v) is 1.85. The summed E-state index contributed by atoms with van der Waals surface area (Å²) in [4.78, 5) is 16.2. The van der Waals surface area contributed by atoms with E-state index in [0.29, 0.717) is 11.9 Å². The van der Waals surface area contributed by atoms with Crippen LogP contribution < -0.4 is 4.90 Å². The number of rotatable bonds is 4. The van der Waals surface area contributed by atoms with Crippen molar-refractivity contribution in [3.63, 3.8) is 0 Å². The van der Waals surface area contributed by atoms with Crippen molar-refractivity contribution in [3.05, 3.63) is 12.0 Å². The molecule has 0 aliphatic heterocycles. The van der Waals surface area contributed by atoms with Gasteiger partial charge in [-0.05, 0) is 18.8 Å². The van der Waals surface area contributed by atoms with E-state index in [1.165, 1.54) is 0 Å². The molecule has 0 atom stereocenters. The number of hydrogen-bond donors (Lipinski definition) is 2. The number of nitrogens with zero attached hydrogens (tertiary/aromatic N) is 2. The van der Waals surface area contributed by atoms with E-state index in [0.717, 1.165) is 25.6 Å². The molecule has 1 aromatic heterocycles. The molecule has 1 heterocycles. The Hall–Kier alpha value is -1.56. The summed E-state index contributed by atoms with van der Waals surface area (Å²) in [5.41, 5.74) is -0.0875. The highest BCUT2D eigenvalue weighted by molar-refractivity contribution is 5.85. The van der Waals surface area contributed by atoms with E-state index < -0.39 is 5.97 Å². The second-order valence-electron chi connectivity index (χ2n) is 4.19. The number of aromatic nitrogens is 1. The molecule has 0 unspecified atom stereocenters. The zero-order valence-electron chi connectivity index (χ0n) is 8.96. The largest absolute Gasteiger partial charge is 0.476 e. The predicted octanol–water partition coefficient (Wildman–Crippen LogP) is 0.580. The van der Waals surface area contributed by atoms with Crippen LogP contribution in [0.15, 0.2) is 10.7 Å². The van der Waals surface area contributed by atoms with Gasteiger partial charge in [-0.3, -0.25) is 0 Å². The quantitative estimate of drug-likeness (QED) is 0.781. The Morgan fingerprint density at radius 1 is 1.69 bits per heavy atom. The van der Waals surface area contributed by atoms with Gasteiger partial charge in [0.2, 0.25) is 0 Å². The standard InChI is InChI=1S/C10H14N2O4/c1-12(4-6-2-7(13)3-6)10-11-8(5-16-10)9(14)15/h5-7,13H,2-4H2,1H3,(H,14,15). The molecule has 0 saturated heterocycles. The Labute approximate surface area is 92.5 Å². The lowest BCUT2D eigenvalue weighted by atomic mass is 9.82. The molecule has 88 valence electrons. The van der Waals surface area contributed by atoms with Gasteiger partial charge in [0.25, 0.3) is 6.01 Å². The van der Waals surface area contributed by atoms with Crippen LogP contribution in [0, 0.1) is 5.92 Å². The van der Waals surface area contributed by atoms with Gasteiger partial charge in [-0.15, -0.1) is 0 Å². The zero-order chi connectivity index (χ0) is 11.7. The second-order valence-corrected chi connectivity index (χ2v) is 4.19. The summed E-state index contributed by atoms with van der Waals surface area (Å²) in [6.07, 6.45) is 2.52. The van der Waals surface area contributed by atoms with E-state index in [-0.39, 0.29) is 11.8 Å². The number of aliphatic hydroxyl groups excluding tert-OH is 1. The molecule has 1 fully saturated rings. The van der Waals surface area contributed by atoms with Crippen molar-refractivity contribution in [2.45, 2.75) is 18.9 Å². The summed E-state index contributed by atoms with van der Waals surface area (Å²) < 4.78 is 5.06. The van der Waals surface area contributed by atoms with Gasteiger partial charge >= 0.3 is 5.97 Å². The molecular formula is C10H14N2O4. The Balaban J connectivity index is 1.92. The van der Waals surface area contributed by atoms with Crippen LogP contribution in [0.2, 0.25) is 0 Å². The number of carboxylic acids is 1. The van der Waals surface area contributed by atoms with Crippen LogP contribution in [0.3, 0.4) is 0 Å². The molecule has 6 nitrogen and oxygen atoms in total. The van der Waals surface area contributed by atoms with Crippen molar-refractivity contribution >= 4 is 12.0 Å². The minimum Gasteiger partial charge on any atom is -0.476 e. The van der Waals surface area contributed by atoms with Crippen molar-refractivity contribution in [2.75, 3.05) is 18.5 Å². The lowest BCUT2D eigenvalue weighted by molar-refractivity contribution is 0.0461. The maximum atomic E-state index is 10.6. The lowest BCUT2D eigenvalue weighted by Gasteiger charge is -2.33. The predicted molar refractivity (Wildman–Crippen MR) is 55.5 cm³/mol. The normalized spacial score (nSPS) is 23.9.